The summed E-state index contributed by atoms with van der Waals surface area (Å²) in [5.41, 5.74) is 1.13. The summed E-state index contributed by atoms with van der Waals surface area (Å²) in [7, 11) is 0. The molecule has 100 valence electrons. The van der Waals surface area contributed by atoms with E-state index in [2.05, 4.69) is 5.32 Å². The molecule has 1 aromatic heterocycles. The van der Waals surface area contributed by atoms with Gasteiger partial charge in [0.05, 0.1) is 5.69 Å². The maximum absolute atomic E-state index is 12.4. The van der Waals surface area contributed by atoms with E-state index in [9.17, 15) is 4.79 Å². The number of nitrogens with one attached hydrogen (secondary N) is 1. The smallest absolute Gasteiger partial charge is 0.281 e. The van der Waals surface area contributed by atoms with Crippen molar-refractivity contribution < 1.29 is 4.79 Å². The number of anilines is 1. The second-order valence-electron chi connectivity index (χ2n) is 4.12. The second kappa shape index (κ2) is 5.36. The van der Waals surface area contributed by atoms with Gasteiger partial charge in [-0.3, -0.25) is 9.69 Å². The average molecular weight is 321 g/mol. The number of hydrogen-bond acceptors (Lipinski definition) is 3. The summed E-state index contributed by atoms with van der Waals surface area (Å²) in [6.07, 6.45) is 1.80. The number of halogens is 1. The van der Waals surface area contributed by atoms with Crippen LogP contribution in [0.3, 0.4) is 0 Å². The highest BCUT2D eigenvalue weighted by atomic mass is 35.5. The van der Waals surface area contributed by atoms with Gasteiger partial charge in [0.25, 0.3) is 5.91 Å². The van der Waals surface area contributed by atoms with Crippen molar-refractivity contribution in [2.45, 2.75) is 0 Å². The van der Waals surface area contributed by atoms with Crippen LogP contribution in [0.15, 0.2) is 47.5 Å². The van der Waals surface area contributed by atoms with Gasteiger partial charge >= 0.3 is 0 Å². The molecule has 0 aliphatic carbocycles. The first kappa shape index (κ1) is 13.3. The van der Waals surface area contributed by atoms with E-state index in [0.717, 1.165) is 4.88 Å². The molecular weight excluding hydrogens is 312 g/mol. The third-order valence-corrected chi connectivity index (χ3v) is 4.11. The van der Waals surface area contributed by atoms with E-state index in [0.29, 0.717) is 21.5 Å². The topological polar surface area (TPSA) is 32.3 Å². The van der Waals surface area contributed by atoms with Crippen LogP contribution in [0.1, 0.15) is 4.88 Å². The minimum Gasteiger partial charge on any atom is -0.327 e. The van der Waals surface area contributed by atoms with E-state index in [-0.39, 0.29) is 5.91 Å². The molecule has 0 atom stereocenters. The van der Waals surface area contributed by atoms with Gasteiger partial charge in [0.15, 0.2) is 5.11 Å². The highest BCUT2D eigenvalue weighted by Crippen LogP contribution is 2.25. The van der Waals surface area contributed by atoms with Crippen LogP contribution in [0.4, 0.5) is 5.69 Å². The van der Waals surface area contributed by atoms with Crippen molar-refractivity contribution in [1.82, 2.24) is 5.32 Å². The fourth-order valence-corrected chi connectivity index (χ4v) is 3.04. The van der Waals surface area contributed by atoms with Gasteiger partial charge in [0, 0.05) is 9.90 Å². The molecule has 1 amide bonds. The lowest BCUT2D eigenvalue weighted by Crippen LogP contribution is -2.30. The maximum atomic E-state index is 12.4. The number of nitrogens with zero attached hydrogens (tertiary/aromatic N) is 1. The van der Waals surface area contributed by atoms with Gasteiger partial charge in [-0.1, -0.05) is 23.7 Å². The van der Waals surface area contributed by atoms with Crippen LogP contribution in [0.25, 0.3) is 6.08 Å². The van der Waals surface area contributed by atoms with E-state index >= 15 is 0 Å². The molecule has 1 aliphatic rings. The Balaban J connectivity index is 1.95. The van der Waals surface area contributed by atoms with E-state index in [1.165, 1.54) is 4.90 Å². The number of rotatable bonds is 2. The zero-order chi connectivity index (χ0) is 14.1. The Labute approximate surface area is 130 Å². The number of carbonyl (C=O) groups is 1. The molecule has 0 unspecified atom stereocenters. The zero-order valence-electron chi connectivity index (χ0n) is 10.2. The van der Waals surface area contributed by atoms with Crippen molar-refractivity contribution >= 4 is 57.9 Å². The molecule has 1 aromatic carbocycles. The van der Waals surface area contributed by atoms with Crippen LogP contribution in [-0.2, 0) is 4.79 Å². The summed E-state index contributed by atoms with van der Waals surface area (Å²) in [4.78, 5) is 14.9. The van der Waals surface area contributed by atoms with Gasteiger partial charge in [0.1, 0.15) is 5.70 Å². The van der Waals surface area contributed by atoms with Crippen molar-refractivity contribution in [3.63, 3.8) is 0 Å². The van der Waals surface area contributed by atoms with Crippen molar-refractivity contribution in [2.75, 3.05) is 4.90 Å². The van der Waals surface area contributed by atoms with E-state index in [4.69, 9.17) is 23.8 Å². The molecule has 0 saturated carbocycles. The van der Waals surface area contributed by atoms with Gasteiger partial charge in [0.2, 0.25) is 0 Å². The molecule has 6 heteroatoms. The lowest BCUT2D eigenvalue weighted by molar-refractivity contribution is -0.113. The molecule has 1 aliphatic heterocycles. The van der Waals surface area contributed by atoms with Crippen LogP contribution >= 0.6 is 35.2 Å². The Bertz CT molecular complexity index is 710. The normalized spacial score (nSPS) is 16.9. The lowest BCUT2D eigenvalue weighted by atomic mass is 10.3. The summed E-state index contributed by atoms with van der Waals surface area (Å²) >= 11 is 12.7. The van der Waals surface area contributed by atoms with Crippen LogP contribution in [0.5, 0.6) is 0 Å². The quantitative estimate of drug-likeness (QED) is 0.677. The molecule has 1 fully saturated rings. The van der Waals surface area contributed by atoms with E-state index in [1.54, 1.807) is 41.7 Å². The first-order chi connectivity index (χ1) is 9.65. The maximum Gasteiger partial charge on any atom is 0.281 e. The highest BCUT2D eigenvalue weighted by molar-refractivity contribution is 7.80. The molecular formula is C14H9ClN2OS2. The standard InChI is InChI=1S/C14H9ClN2OS2/c15-9-3-1-4-10(7-9)17-13(18)12(16-14(17)19)8-11-5-2-6-20-11/h1-8H,(H,16,19)/b12-8+. The van der Waals surface area contributed by atoms with Gasteiger partial charge in [-0.15, -0.1) is 11.3 Å². The number of amides is 1. The van der Waals surface area contributed by atoms with Crippen LogP contribution in [0, 0.1) is 0 Å². The van der Waals surface area contributed by atoms with Crippen molar-refractivity contribution in [1.29, 1.82) is 0 Å². The number of thiocarbonyl (C=S) groups is 1. The minimum absolute atomic E-state index is 0.175. The third-order valence-electron chi connectivity index (χ3n) is 2.77. The first-order valence-electron chi connectivity index (χ1n) is 5.81. The highest BCUT2D eigenvalue weighted by Gasteiger charge is 2.32. The predicted molar refractivity (Wildman–Crippen MR) is 87.0 cm³/mol. The van der Waals surface area contributed by atoms with Crippen molar-refractivity contribution in [3.8, 4) is 0 Å². The summed E-state index contributed by atoms with van der Waals surface area (Å²) in [5, 5.41) is 5.82. The summed E-state index contributed by atoms with van der Waals surface area (Å²) in [5.74, 6) is -0.175. The SMILES string of the molecule is O=C1/C(=C\c2cccs2)NC(=S)N1c1cccc(Cl)c1. The summed E-state index contributed by atoms with van der Waals surface area (Å²) in [6, 6.07) is 10.9. The van der Waals surface area contributed by atoms with Gasteiger partial charge in [-0.05, 0) is 47.9 Å². The number of carbonyl (C=O) groups excluding carboxylic acids is 1. The molecule has 1 N–H and O–H groups in total. The Morgan fingerprint density at radius 1 is 1.30 bits per heavy atom. The molecule has 2 aromatic rings. The third kappa shape index (κ3) is 2.47. The monoisotopic (exact) mass is 320 g/mol. The van der Waals surface area contributed by atoms with Crippen LogP contribution < -0.4 is 10.2 Å². The van der Waals surface area contributed by atoms with E-state index in [1.807, 2.05) is 17.5 Å². The Kier molecular flexibility index (Phi) is 3.56. The molecule has 0 radical (unpaired) electrons. The van der Waals surface area contributed by atoms with Crippen LogP contribution in [-0.4, -0.2) is 11.0 Å². The predicted octanol–water partition coefficient (Wildman–Crippen LogP) is 3.66. The Hall–Kier alpha value is -1.69. The van der Waals surface area contributed by atoms with Crippen LogP contribution in [0.2, 0.25) is 5.02 Å². The molecule has 3 nitrogen and oxygen atoms in total. The largest absolute Gasteiger partial charge is 0.327 e. The minimum atomic E-state index is -0.175. The van der Waals surface area contributed by atoms with Gasteiger partial charge in [-0.2, -0.15) is 0 Å². The summed E-state index contributed by atoms with van der Waals surface area (Å²) < 4.78 is 0. The number of benzene rings is 1. The fourth-order valence-electron chi connectivity index (χ4n) is 1.90. The average Bonchev–Trinajstić information content (AvgIpc) is 2.99. The fraction of sp³-hybridized carbons (Fsp3) is 0. The Morgan fingerprint density at radius 2 is 2.15 bits per heavy atom. The molecule has 0 spiro atoms. The molecule has 0 bridgehead atoms. The molecule has 1 saturated heterocycles. The molecule has 3 rings (SSSR count). The number of thiophene rings is 1. The lowest BCUT2D eigenvalue weighted by Gasteiger charge is -2.13. The first-order valence-corrected chi connectivity index (χ1v) is 7.48. The Morgan fingerprint density at radius 3 is 2.85 bits per heavy atom. The summed E-state index contributed by atoms with van der Waals surface area (Å²) in [6.45, 7) is 0. The zero-order valence-corrected chi connectivity index (χ0v) is 12.6. The van der Waals surface area contributed by atoms with Crippen molar-refractivity contribution in [3.05, 3.63) is 57.4 Å². The number of hydrogen-bond donors (Lipinski definition) is 1. The molecule has 2 heterocycles. The van der Waals surface area contributed by atoms with Gasteiger partial charge in [-0.25, -0.2) is 0 Å². The van der Waals surface area contributed by atoms with Gasteiger partial charge < -0.3 is 5.32 Å². The molecule has 20 heavy (non-hydrogen) atoms. The second-order valence-corrected chi connectivity index (χ2v) is 5.93. The van der Waals surface area contributed by atoms with Crippen molar-refractivity contribution in [2.24, 2.45) is 0 Å². The van der Waals surface area contributed by atoms with E-state index < -0.39 is 0 Å².